The summed E-state index contributed by atoms with van der Waals surface area (Å²) in [5, 5.41) is 11.1. The number of nitro groups is 1. The van der Waals surface area contributed by atoms with Crippen LogP contribution in [0.4, 0.5) is 11.4 Å². The molecule has 8 heteroatoms. The van der Waals surface area contributed by atoms with Gasteiger partial charge in [0.05, 0.1) is 12.0 Å². The van der Waals surface area contributed by atoms with Crippen molar-refractivity contribution in [3.63, 3.8) is 0 Å². The van der Waals surface area contributed by atoms with E-state index in [1.807, 2.05) is 31.2 Å². The summed E-state index contributed by atoms with van der Waals surface area (Å²) in [6, 6.07) is 12.4. The summed E-state index contributed by atoms with van der Waals surface area (Å²) in [6.07, 6.45) is 0. The molecule has 0 unspecified atom stereocenters. The molecule has 8 nitrogen and oxygen atoms in total. The van der Waals surface area contributed by atoms with Crippen molar-refractivity contribution in [3.05, 3.63) is 58.1 Å². The van der Waals surface area contributed by atoms with Crippen LogP contribution in [-0.2, 0) is 4.79 Å². The van der Waals surface area contributed by atoms with Crippen LogP contribution < -0.4 is 14.4 Å². The van der Waals surface area contributed by atoms with Crippen LogP contribution in [0.1, 0.15) is 5.56 Å². The van der Waals surface area contributed by atoms with Gasteiger partial charge in [0.1, 0.15) is 5.75 Å². The number of ether oxygens (including phenoxy) is 2. The van der Waals surface area contributed by atoms with Crippen LogP contribution in [0.15, 0.2) is 42.5 Å². The molecule has 0 atom stereocenters. The number of hydrogen-bond donors (Lipinski definition) is 0. The zero-order chi connectivity index (χ0) is 20.1. The third kappa shape index (κ3) is 4.51. The second-order valence-electron chi connectivity index (χ2n) is 6.58. The van der Waals surface area contributed by atoms with Crippen molar-refractivity contribution in [1.82, 2.24) is 4.90 Å². The number of carbonyl (C=O) groups is 1. The van der Waals surface area contributed by atoms with E-state index in [0.717, 1.165) is 17.0 Å². The van der Waals surface area contributed by atoms with Crippen molar-refractivity contribution < 1.29 is 19.2 Å². The Hall–Kier alpha value is -3.29. The third-order valence-electron chi connectivity index (χ3n) is 4.73. The van der Waals surface area contributed by atoms with Crippen molar-refractivity contribution in [2.45, 2.75) is 6.92 Å². The molecular formula is C20H23N3O5. The molecule has 1 fully saturated rings. The first kappa shape index (κ1) is 19.5. The minimum absolute atomic E-state index is 0.121. The SMILES string of the molecule is COc1ccc(N2CCN(C(=O)COc3cc(C)ccc3[N+](=O)[O-])CC2)cc1. The number of nitro benzene ring substituents is 1. The topological polar surface area (TPSA) is 85.2 Å². The van der Waals surface area contributed by atoms with Crippen molar-refractivity contribution in [3.8, 4) is 11.5 Å². The molecule has 2 aromatic carbocycles. The summed E-state index contributed by atoms with van der Waals surface area (Å²) < 4.78 is 10.6. The number of aryl methyl sites for hydroxylation is 1. The van der Waals surface area contributed by atoms with Gasteiger partial charge in [-0.05, 0) is 42.8 Å². The van der Waals surface area contributed by atoms with E-state index in [1.54, 1.807) is 24.1 Å². The lowest BCUT2D eigenvalue weighted by molar-refractivity contribution is -0.385. The highest BCUT2D eigenvalue weighted by atomic mass is 16.6. The van der Waals surface area contributed by atoms with Crippen LogP contribution in [0, 0.1) is 17.0 Å². The molecule has 1 heterocycles. The molecule has 0 saturated carbocycles. The lowest BCUT2D eigenvalue weighted by Crippen LogP contribution is -2.50. The van der Waals surface area contributed by atoms with Crippen LogP contribution in [0.5, 0.6) is 11.5 Å². The summed E-state index contributed by atoms with van der Waals surface area (Å²) in [5.41, 5.74) is 1.78. The number of anilines is 1. The normalized spacial score (nSPS) is 13.9. The number of methoxy groups -OCH3 is 1. The monoisotopic (exact) mass is 385 g/mol. The van der Waals surface area contributed by atoms with Gasteiger partial charge < -0.3 is 19.3 Å². The molecule has 0 aliphatic carbocycles. The molecule has 1 amide bonds. The molecule has 0 aromatic heterocycles. The van der Waals surface area contributed by atoms with Gasteiger partial charge in [-0.1, -0.05) is 6.07 Å². The average molecular weight is 385 g/mol. The number of hydrogen-bond acceptors (Lipinski definition) is 6. The van der Waals surface area contributed by atoms with E-state index in [9.17, 15) is 14.9 Å². The quantitative estimate of drug-likeness (QED) is 0.561. The lowest BCUT2D eigenvalue weighted by atomic mass is 10.2. The predicted octanol–water partition coefficient (Wildman–Crippen LogP) is 2.64. The van der Waals surface area contributed by atoms with Gasteiger partial charge in [0.15, 0.2) is 12.4 Å². The highest BCUT2D eigenvalue weighted by Crippen LogP contribution is 2.28. The Morgan fingerprint density at radius 2 is 1.79 bits per heavy atom. The summed E-state index contributed by atoms with van der Waals surface area (Å²) >= 11 is 0. The van der Waals surface area contributed by atoms with Crippen molar-refractivity contribution in [2.75, 3.05) is 44.8 Å². The number of nitrogens with zero attached hydrogens (tertiary/aromatic N) is 3. The molecule has 1 aliphatic heterocycles. The second-order valence-corrected chi connectivity index (χ2v) is 6.58. The van der Waals surface area contributed by atoms with E-state index in [1.165, 1.54) is 6.07 Å². The first-order chi connectivity index (χ1) is 13.5. The van der Waals surface area contributed by atoms with E-state index in [4.69, 9.17) is 9.47 Å². The Labute approximate surface area is 163 Å². The number of carbonyl (C=O) groups excluding carboxylic acids is 1. The molecule has 1 aliphatic rings. The van der Waals surface area contributed by atoms with Crippen molar-refractivity contribution in [1.29, 1.82) is 0 Å². The highest BCUT2D eigenvalue weighted by molar-refractivity contribution is 5.78. The maximum Gasteiger partial charge on any atom is 0.310 e. The average Bonchev–Trinajstić information content (AvgIpc) is 2.72. The van der Waals surface area contributed by atoms with Gasteiger partial charge in [0.2, 0.25) is 0 Å². The Kier molecular flexibility index (Phi) is 5.98. The number of amides is 1. The zero-order valence-corrected chi connectivity index (χ0v) is 16.0. The fourth-order valence-electron chi connectivity index (χ4n) is 3.13. The fourth-order valence-corrected chi connectivity index (χ4v) is 3.13. The Morgan fingerprint density at radius 3 is 2.39 bits per heavy atom. The van der Waals surface area contributed by atoms with Gasteiger partial charge in [-0.2, -0.15) is 0 Å². The fraction of sp³-hybridized carbons (Fsp3) is 0.350. The highest BCUT2D eigenvalue weighted by Gasteiger charge is 2.23. The molecule has 0 N–H and O–H groups in total. The van der Waals surface area contributed by atoms with Crippen molar-refractivity contribution in [2.24, 2.45) is 0 Å². The van der Waals surface area contributed by atoms with Crippen molar-refractivity contribution >= 4 is 17.3 Å². The lowest BCUT2D eigenvalue weighted by Gasteiger charge is -2.36. The summed E-state index contributed by atoms with van der Waals surface area (Å²) in [6.45, 7) is 4.17. The smallest absolute Gasteiger partial charge is 0.310 e. The summed E-state index contributed by atoms with van der Waals surface area (Å²) in [5.74, 6) is 0.750. The number of piperazine rings is 1. The van der Waals surface area contributed by atoms with Gasteiger partial charge in [-0.3, -0.25) is 14.9 Å². The predicted molar refractivity (Wildman–Crippen MR) is 105 cm³/mol. The van der Waals surface area contributed by atoms with E-state index < -0.39 is 4.92 Å². The summed E-state index contributed by atoms with van der Waals surface area (Å²) in [7, 11) is 1.63. The number of benzene rings is 2. The molecule has 148 valence electrons. The van der Waals surface area contributed by atoms with Gasteiger partial charge in [-0.15, -0.1) is 0 Å². The third-order valence-corrected chi connectivity index (χ3v) is 4.73. The molecule has 1 saturated heterocycles. The minimum atomic E-state index is -0.507. The number of rotatable bonds is 6. The van der Waals surface area contributed by atoms with E-state index in [2.05, 4.69) is 4.90 Å². The molecule has 0 spiro atoms. The molecule has 3 rings (SSSR count). The van der Waals surface area contributed by atoms with E-state index >= 15 is 0 Å². The first-order valence-electron chi connectivity index (χ1n) is 9.02. The Morgan fingerprint density at radius 1 is 1.11 bits per heavy atom. The summed E-state index contributed by atoms with van der Waals surface area (Å²) in [4.78, 5) is 27.0. The second kappa shape index (κ2) is 8.60. The Balaban J connectivity index is 1.54. The van der Waals surface area contributed by atoms with E-state index in [0.29, 0.717) is 26.2 Å². The van der Waals surface area contributed by atoms with Gasteiger partial charge in [-0.25, -0.2) is 0 Å². The molecule has 2 aromatic rings. The maximum atomic E-state index is 12.5. The van der Waals surface area contributed by atoms with E-state index in [-0.39, 0.29) is 24.0 Å². The van der Waals surface area contributed by atoms with Gasteiger partial charge >= 0.3 is 5.69 Å². The van der Waals surface area contributed by atoms with Gasteiger partial charge in [0, 0.05) is 37.9 Å². The zero-order valence-electron chi connectivity index (χ0n) is 16.0. The molecule has 0 bridgehead atoms. The minimum Gasteiger partial charge on any atom is -0.497 e. The van der Waals surface area contributed by atoms with Crippen LogP contribution >= 0.6 is 0 Å². The van der Waals surface area contributed by atoms with Gasteiger partial charge in [0.25, 0.3) is 5.91 Å². The standard InChI is InChI=1S/C20H23N3O5/c1-15-3-8-18(23(25)26)19(13-15)28-14-20(24)22-11-9-21(10-12-22)16-4-6-17(27-2)7-5-16/h3-8,13H,9-12,14H2,1-2H3. The first-order valence-corrected chi connectivity index (χ1v) is 9.02. The van der Waals surface area contributed by atoms with Crippen LogP contribution in [0.3, 0.4) is 0 Å². The molecule has 28 heavy (non-hydrogen) atoms. The largest absolute Gasteiger partial charge is 0.497 e. The molecular weight excluding hydrogens is 362 g/mol. The van der Waals surface area contributed by atoms with Crippen LogP contribution in [0.2, 0.25) is 0 Å². The van der Waals surface area contributed by atoms with Crippen LogP contribution in [0.25, 0.3) is 0 Å². The Bertz CT molecular complexity index is 845. The van der Waals surface area contributed by atoms with Crippen LogP contribution in [-0.4, -0.2) is 55.6 Å². The maximum absolute atomic E-state index is 12.5. The molecule has 0 radical (unpaired) electrons.